The van der Waals surface area contributed by atoms with Gasteiger partial charge in [0.25, 0.3) is 0 Å². The number of benzene rings is 3. The smallest absolute Gasteiger partial charge is 0.417 e. The number of aromatic nitrogens is 4. The first-order valence-corrected chi connectivity index (χ1v) is 11.3. The lowest BCUT2D eigenvalue weighted by Gasteiger charge is -2.14. The van der Waals surface area contributed by atoms with E-state index in [1.807, 2.05) is 18.2 Å². The third-order valence-electron chi connectivity index (χ3n) is 6.02. The van der Waals surface area contributed by atoms with Crippen molar-refractivity contribution in [3.8, 4) is 33.6 Å². The van der Waals surface area contributed by atoms with E-state index in [2.05, 4.69) is 15.3 Å². The van der Waals surface area contributed by atoms with Gasteiger partial charge in [-0.25, -0.2) is 0 Å². The van der Waals surface area contributed by atoms with Crippen LogP contribution in [0.5, 0.6) is 0 Å². The van der Waals surface area contributed by atoms with E-state index in [1.54, 1.807) is 53.3 Å². The van der Waals surface area contributed by atoms with Crippen LogP contribution < -0.4 is 0 Å². The van der Waals surface area contributed by atoms with Gasteiger partial charge in [0.1, 0.15) is 0 Å². The summed E-state index contributed by atoms with van der Waals surface area (Å²) in [4.78, 5) is 10.8. The lowest BCUT2D eigenvalue weighted by Crippen LogP contribution is -2.07. The van der Waals surface area contributed by atoms with Gasteiger partial charge < -0.3 is 5.11 Å². The summed E-state index contributed by atoms with van der Waals surface area (Å²) >= 11 is 0. The Balaban J connectivity index is 1.49. The van der Waals surface area contributed by atoms with Gasteiger partial charge in [0.15, 0.2) is 0 Å². The Morgan fingerprint density at radius 2 is 1.75 bits per heavy atom. The first-order valence-electron chi connectivity index (χ1n) is 11.3. The number of H-pyrrole nitrogens is 1. The monoisotopic (exact) mass is 490 g/mol. The van der Waals surface area contributed by atoms with Gasteiger partial charge in [-0.3, -0.25) is 14.6 Å². The van der Waals surface area contributed by atoms with Gasteiger partial charge in [-0.2, -0.15) is 23.4 Å². The molecule has 182 valence electrons. The number of nitrogens with zero attached hydrogens (tertiary/aromatic N) is 3. The molecule has 5 aromatic rings. The molecule has 0 atom stereocenters. The topological polar surface area (TPSA) is 83.8 Å². The molecule has 0 saturated heterocycles. The molecule has 0 fully saturated rings. The van der Waals surface area contributed by atoms with Crippen LogP contribution in [-0.4, -0.2) is 31.1 Å². The quantitative estimate of drug-likeness (QED) is 0.268. The Hall–Kier alpha value is -4.40. The van der Waals surface area contributed by atoms with E-state index < -0.39 is 17.7 Å². The molecule has 0 aliphatic carbocycles. The average molecular weight is 490 g/mol. The molecule has 6 nitrogen and oxygen atoms in total. The number of nitrogens with one attached hydrogen (secondary N) is 1. The number of alkyl halides is 3. The summed E-state index contributed by atoms with van der Waals surface area (Å²) in [6, 6.07) is 20.1. The van der Waals surface area contributed by atoms with Gasteiger partial charge >= 0.3 is 12.1 Å². The standard InChI is InChI=1S/C27H21F3N4O2/c28-27(29,30)22-14-18(11-12-19(22)17-6-2-1-3-7-17)23-15-24(33-32-23)20-8-4-9-25-21(20)16-31-34(25)13-5-10-26(35)36/h1-4,6-9,11-12,14-16H,5,10,13H2,(H,32,33)(H,35,36). The van der Waals surface area contributed by atoms with Crippen molar-refractivity contribution in [3.05, 3.63) is 84.6 Å². The maximum atomic E-state index is 13.9. The van der Waals surface area contributed by atoms with Gasteiger partial charge in [0.2, 0.25) is 0 Å². The number of hydrogen-bond donors (Lipinski definition) is 2. The average Bonchev–Trinajstić information content (AvgIpc) is 3.51. The Kier molecular flexibility index (Phi) is 6.05. The van der Waals surface area contributed by atoms with Crippen LogP contribution in [0.3, 0.4) is 0 Å². The minimum absolute atomic E-state index is 0.0495. The zero-order chi connectivity index (χ0) is 25.3. The van der Waals surface area contributed by atoms with Crippen molar-refractivity contribution in [1.82, 2.24) is 20.0 Å². The van der Waals surface area contributed by atoms with Crippen LogP contribution in [0.4, 0.5) is 13.2 Å². The zero-order valence-corrected chi connectivity index (χ0v) is 19.0. The minimum atomic E-state index is -4.53. The van der Waals surface area contributed by atoms with Gasteiger partial charge in [-0.1, -0.05) is 54.6 Å². The largest absolute Gasteiger partial charge is 0.481 e. The highest BCUT2D eigenvalue weighted by Gasteiger charge is 2.34. The van der Waals surface area contributed by atoms with Crippen LogP contribution in [0, 0.1) is 0 Å². The summed E-state index contributed by atoms with van der Waals surface area (Å²) in [6.07, 6.45) is -2.33. The third-order valence-corrected chi connectivity index (χ3v) is 6.02. The molecule has 0 radical (unpaired) electrons. The molecule has 36 heavy (non-hydrogen) atoms. The molecule has 0 aliphatic heterocycles. The number of carboxylic acid groups (broad SMARTS) is 1. The van der Waals surface area contributed by atoms with Crippen LogP contribution in [0.2, 0.25) is 0 Å². The molecule has 0 amide bonds. The number of carboxylic acids is 1. The van der Waals surface area contributed by atoms with Crippen molar-refractivity contribution < 1.29 is 23.1 Å². The number of aromatic amines is 1. The molecule has 2 aromatic heterocycles. The van der Waals surface area contributed by atoms with Crippen LogP contribution in [0.25, 0.3) is 44.5 Å². The van der Waals surface area contributed by atoms with Crippen molar-refractivity contribution in [3.63, 3.8) is 0 Å². The lowest BCUT2D eigenvalue weighted by atomic mass is 9.96. The number of aliphatic carboxylic acids is 1. The molecule has 5 rings (SSSR count). The molecule has 0 saturated carbocycles. The van der Waals surface area contributed by atoms with Crippen molar-refractivity contribution in [2.24, 2.45) is 0 Å². The van der Waals surface area contributed by atoms with Crippen molar-refractivity contribution in [1.29, 1.82) is 0 Å². The molecule has 2 heterocycles. The fourth-order valence-corrected chi connectivity index (χ4v) is 4.31. The Morgan fingerprint density at radius 3 is 2.50 bits per heavy atom. The van der Waals surface area contributed by atoms with Crippen molar-refractivity contribution >= 4 is 16.9 Å². The summed E-state index contributed by atoms with van der Waals surface area (Å²) in [5.41, 5.74) is 2.89. The van der Waals surface area contributed by atoms with Gasteiger partial charge in [-0.15, -0.1) is 0 Å². The fraction of sp³-hybridized carbons (Fsp3) is 0.148. The summed E-state index contributed by atoms with van der Waals surface area (Å²) in [6.45, 7) is 0.460. The zero-order valence-electron chi connectivity index (χ0n) is 19.0. The predicted molar refractivity (Wildman–Crippen MR) is 130 cm³/mol. The first-order chi connectivity index (χ1) is 17.3. The number of rotatable bonds is 7. The molecule has 2 N–H and O–H groups in total. The number of carbonyl (C=O) groups is 1. The highest BCUT2D eigenvalue weighted by molar-refractivity contribution is 5.94. The van der Waals surface area contributed by atoms with E-state index in [1.165, 1.54) is 6.07 Å². The highest BCUT2D eigenvalue weighted by Crippen LogP contribution is 2.39. The molecule has 9 heteroatoms. The van der Waals surface area contributed by atoms with E-state index in [0.29, 0.717) is 35.5 Å². The molecular weight excluding hydrogens is 469 g/mol. The maximum Gasteiger partial charge on any atom is 0.417 e. The Morgan fingerprint density at radius 1 is 0.944 bits per heavy atom. The summed E-state index contributed by atoms with van der Waals surface area (Å²) in [7, 11) is 0. The van der Waals surface area contributed by atoms with E-state index in [0.717, 1.165) is 22.5 Å². The second-order valence-electron chi connectivity index (χ2n) is 8.39. The normalized spacial score (nSPS) is 11.8. The van der Waals surface area contributed by atoms with E-state index in [-0.39, 0.29) is 12.0 Å². The van der Waals surface area contributed by atoms with E-state index in [4.69, 9.17) is 5.11 Å². The van der Waals surface area contributed by atoms with Crippen LogP contribution in [0.15, 0.2) is 79.0 Å². The van der Waals surface area contributed by atoms with Crippen LogP contribution in [-0.2, 0) is 17.5 Å². The highest BCUT2D eigenvalue weighted by atomic mass is 19.4. The first kappa shape index (κ1) is 23.3. The second-order valence-corrected chi connectivity index (χ2v) is 8.39. The predicted octanol–water partition coefficient (Wildman–Crippen LogP) is 6.64. The Labute approximate surface area is 204 Å². The van der Waals surface area contributed by atoms with Crippen LogP contribution >= 0.6 is 0 Å². The molecule has 0 unspecified atom stereocenters. The number of fused-ring (bicyclic) bond motifs is 1. The maximum absolute atomic E-state index is 13.9. The number of aryl methyl sites for hydroxylation is 1. The Bertz CT molecular complexity index is 1540. The van der Waals surface area contributed by atoms with Crippen molar-refractivity contribution in [2.75, 3.05) is 0 Å². The number of halogens is 3. The van der Waals surface area contributed by atoms with E-state index >= 15 is 0 Å². The lowest BCUT2D eigenvalue weighted by molar-refractivity contribution is -0.138. The molecule has 3 aromatic carbocycles. The summed E-state index contributed by atoms with van der Waals surface area (Å²) in [5.74, 6) is -0.859. The SMILES string of the molecule is O=C(O)CCCn1ncc2c(-c3cc(-c4ccc(-c5ccccc5)c(C(F)(F)F)c4)n[nH]3)cccc21. The van der Waals surface area contributed by atoms with Gasteiger partial charge in [-0.05, 0) is 35.7 Å². The molecule has 0 spiro atoms. The van der Waals surface area contributed by atoms with Crippen molar-refractivity contribution in [2.45, 2.75) is 25.6 Å². The van der Waals surface area contributed by atoms with Gasteiger partial charge in [0.05, 0.1) is 28.7 Å². The summed E-state index contributed by atoms with van der Waals surface area (Å²) < 4.78 is 43.6. The second kappa shape index (κ2) is 9.33. The van der Waals surface area contributed by atoms with Crippen LogP contribution in [0.1, 0.15) is 18.4 Å². The number of hydrogen-bond acceptors (Lipinski definition) is 3. The third kappa shape index (κ3) is 4.59. The molecular formula is C27H21F3N4O2. The minimum Gasteiger partial charge on any atom is -0.481 e. The molecule has 0 bridgehead atoms. The van der Waals surface area contributed by atoms with E-state index in [9.17, 15) is 18.0 Å². The molecule has 0 aliphatic rings. The fourth-order valence-electron chi connectivity index (χ4n) is 4.31. The van der Waals surface area contributed by atoms with Gasteiger partial charge in [0, 0.05) is 29.5 Å². The summed E-state index contributed by atoms with van der Waals surface area (Å²) in [5, 5.41) is 21.3.